The summed E-state index contributed by atoms with van der Waals surface area (Å²) in [5.74, 6) is 0. The summed E-state index contributed by atoms with van der Waals surface area (Å²) in [6.07, 6.45) is 4.07. The second-order valence-corrected chi connectivity index (χ2v) is 4.91. The Morgan fingerprint density at radius 2 is 2.12 bits per heavy atom. The monoisotopic (exact) mass is 247 g/mol. The van der Waals surface area contributed by atoms with Crippen LogP contribution in [0.2, 0.25) is 0 Å². The summed E-state index contributed by atoms with van der Waals surface area (Å²) < 4.78 is 0. The van der Waals surface area contributed by atoms with Gasteiger partial charge in [-0.25, -0.2) is 4.98 Å². The van der Waals surface area contributed by atoms with Crippen LogP contribution in [0, 0.1) is 6.92 Å². The second-order valence-electron chi connectivity index (χ2n) is 3.93. The van der Waals surface area contributed by atoms with Crippen molar-refractivity contribution < 1.29 is 4.79 Å². The van der Waals surface area contributed by atoms with Gasteiger partial charge in [0.1, 0.15) is 10.0 Å². The Bertz CT molecular complexity index is 548. The molecule has 4 nitrogen and oxygen atoms in total. The molecule has 0 aliphatic rings. The van der Waals surface area contributed by atoms with Gasteiger partial charge in [-0.2, -0.15) is 0 Å². The number of aromatic nitrogens is 2. The number of rotatable bonds is 3. The number of carbonyl (C=O) groups is 1. The molecule has 2 aromatic rings. The number of anilines is 1. The van der Waals surface area contributed by atoms with E-state index in [4.69, 9.17) is 0 Å². The Balaban J connectivity index is 2.45. The predicted molar refractivity (Wildman–Crippen MR) is 69.8 cm³/mol. The van der Waals surface area contributed by atoms with E-state index in [0.29, 0.717) is 5.56 Å². The molecule has 0 bridgehead atoms. The van der Waals surface area contributed by atoms with E-state index in [0.717, 1.165) is 27.6 Å². The Morgan fingerprint density at radius 3 is 2.71 bits per heavy atom. The molecule has 5 heteroatoms. The number of carbonyl (C=O) groups excluding carboxylic acids is 1. The number of aldehydes is 1. The van der Waals surface area contributed by atoms with E-state index in [-0.39, 0.29) is 0 Å². The van der Waals surface area contributed by atoms with Gasteiger partial charge in [0.05, 0.1) is 5.69 Å². The van der Waals surface area contributed by atoms with Crippen molar-refractivity contribution >= 4 is 22.6 Å². The molecule has 0 saturated carbocycles. The zero-order valence-corrected chi connectivity index (χ0v) is 10.8. The lowest BCUT2D eigenvalue weighted by Gasteiger charge is -2.08. The minimum atomic E-state index is 0.571. The maximum Gasteiger partial charge on any atom is 0.151 e. The van der Waals surface area contributed by atoms with Crippen molar-refractivity contribution in [2.45, 2.75) is 6.92 Å². The van der Waals surface area contributed by atoms with Gasteiger partial charge >= 0.3 is 0 Å². The van der Waals surface area contributed by atoms with Crippen LogP contribution in [0.4, 0.5) is 5.00 Å². The summed E-state index contributed by atoms with van der Waals surface area (Å²) in [5.41, 5.74) is 2.45. The number of pyridine rings is 1. The lowest BCUT2D eigenvalue weighted by atomic mass is 10.2. The third kappa shape index (κ3) is 2.34. The lowest BCUT2D eigenvalue weighted by molar-refractivity contribution is 0.112. The van der Waals surface area contributed by atoms with Crippen LogP contribution in [-0.2, 0) is 0 Å². The summed E-state index contributed by atoms with van der Waals surface area (Å²) in [6.45, 7) is 1.98. The summed E-state index contributed by atoms with van der Waals surface area (Å²) in [6, 6.07) is 1.80. The van der Waals surface area contributed by atoms with Crippen LogP contribution in [0.1, 0.15) is 16.1 Å². The molecule has 88 valence electrons. The largest absolute Gasteiger partial charge is 0.368 e. The normalized spacial score (nSPS) is 10.3. The molecular formula is C12H13N3OS. The van der Waals surface area contributed by atoms with Gasteiger partial charge in [0.2, 0.25) is 0 Å². The summed E-state index contributed by atoms with van der Waals surface area (Å²) in [7, 11) is 3.98. The van der Waals surface area contributed by atoms with Crippen LogP contribution in [0.3, 0.4) is 0 Å². The van der Waals surface area contributed by atoms with Gasteiger partial charge < -0.3 is 4.90 Å². The summed E-state index contributed by atoms with van der Waals surface area (Å²) in [5, 5.41) is 2.01. The molecule has 0 saturated heterocycles. The third-order valence-corrected chi connectivity index (χ3v) is 3.69. The lowest BCUT2D eigenvalue weighted by Crippen LogP contribution is -2.07. The molecule has 17 heavy (non-hydrogen) atoms. The second kappa shape index (κ2) is 4.63. The van der Waals surface area contributed by atoms with Crippen LogP contribution in [0.25, 0.3) is 10.6 Å². The molecule has 0 fully saturated rings. The molecular weight excluding hydrogens is 234 g/mol. The molecule has 0 aliphatic carbocycles. The first-order valence-corrected chi connectivity index (χ1v) is 5.99. The molecule has 0 N–H and O–H groups in total. The highest BCUT2D eigenvalue weighted by molar-refractivity contribution is 7.19. The van der Waals surface area contributed by atoms with E-state index in [9.17, 15) is 4.79 Å². The minimum Gasteiger partial charge on any atom is -0.368 e. The number of nitrogens with zero attached hydrogens (tertiary/aromatic N) is 3. The molecule has 0 radical (unpaired) electrons. The first-order chi connectivity index (χ1) is 8.11. The van der Waals surface area contributed by atoms with Crippen molar-refractivity contribution in [1.29, 1.82) is 0 Å². The highest BCUT2D eigenvalue weighted by atomic mass is 32.1. The Hall–Kier alpha value is -1.75. The van der Waals surface area contributed by atoms with E-state index in [1.165, 1.54) is 0 Å². The first kappa shape index (κ1) is 11.7. The van der Waals surface area contributed by atoms with Gasteiger partial charge in [-0.3, -0.25) is 9.78 Å². The van der Waals surface area contributed by atoms with E-state index in [1.54, 1.807) is 29.8 Å². The SMILES string of the molecule is Cc1nc(-c2cncc(C=O)c2)sc1N(C)C. The van der Waals surface area contributed by atoms with E-state index in [2.05, 4.69) is 9.97 Å². The molecule has 0 atom stereocenters. The standard InChI is InChI=1S/C12H13N3OS/c1-8-12(15(2)3)17-11(14-8)10-4-9(7-16)5-13-6-10/h4-7H,1-3H3. The van der Waals surface area contributed by atoms with Crippen molar-refractivity contribution in [2.24, 2.45) is 0 Å². The van der Waals surface area contributed by atoms with Gasteiger partial charge in [-0.15, -0.1) is 0 Å². The molecule has 0 amide bonds. The van der Waals surface area contributed by atoms with Crippen LogP contribution in [0.5, 0.6) is 0 Å². The number of hydrogen-bond donors (Lipinski definition) is 0. The van der Waals surface area contributed by atoms with E-state index in [1.807, 2.05) is 25.9 Å². The number of thiazole rings is 1. The molecule has 0 spiro atoms. The average molecular weight is 247 g/mol. The van der Waals surface area contributed by atoms with Gasteiger partial charge in [0, 0.05) is 37.6 Å². The van der Waals surface area contributed by atoms with Crippen LogP contribution in [-0.4, -0.2) is 30.3 Å². The third-order valence-electron chi connectivity index (χ3n) is 2.32. The Labute approximate surface area is 104 Å². The molecule has 0 aliphatic heterocycles. The van der Waals surface area contributed by atoms with Crippen molar-refractivity contribution in [3.8, 4) is 10.6 Å². The van der Waals surface area contributed by atoms with Gasteiger partial charge in [0.15, 0.2) is 6.29 Å². The highest BCUT2D eigenvalue weighted by Gasteiger charge is 2.11. The number of aryl methyl sites for hydroxylation is 1. The molecule has 0 aromatic carbocycles. The van der Waals surface area contributed by atoms with Crippen molar-refractivity contribution in [1.82, 2.24) is 9.97 Å². The fraction of sp³-hybridized carbons (Fsp3) is 0.250. The highest BCUT2D eigenvalue weighted by Crippen LogP contribution is 2.32. The zero-order valence-electron chi connectivity index (χ0n) is 9.97. The molecule has 2 rings (SSSR count). The van der Waals surface area contributed by atoms with E-state index < -0.39 is 0 Å². The van der Waals surface area contributed by atoms with Gasteiger partial charge in [-0.1, -0.05) is 11.3 Å². The smallest absolute Gasteiger partial charge is 0.151 e. The van der Waals surface area contributed by atoms with Crippen LogP contribution in [0.15, 0.2) is 18.5 Å². The number of hydrogen-bond acceptors (Lipinski definition) is 5. The molecule has 0 unspecified atom stereocenters. The molecule has 2 heterocycles. The molecule has 2 aromatic heterocycles. The van der Waals surface area contributed by atoms with Crippen molar-refractivity contribution in [3.63, 3.8) is 0 Å². The fourth-order valence-electron chi connectivity index (χ4n) is 1.57. The topological polar surface area (TPSA) is 46.1 Å². The average Bonchev–Trinajstić information content (AvgIpc) is 2.71. The van der Waals surface area contributed by atoms with Gasteiger partial charge in [-0.05, 0) is 13.0 Å². The Morgan fingerprint density at radius 1 is 1.35 bits per heavy atom. The first-order valence-electron chi connectivity index (χ1n) is 5.17. The quantitative estimate of drug-likeness (QED) is 0.781. The van der Waals surface area contributed by atoms with E-state index >= 15 is 0 Å². The zero-order chi connectivity index (χ0) is 12.4. The fourth-order valence-corrected chi connectivity index (χ4v) is 2.54. The summed E-state index contributed by atoms with van der Waals surface area (Å²) >= 11 is 1.60. The Kier molecular flexibility index (Phi) is 3.19. The summed E-state index contributed by atoms with van der Waals surface area (Å²) in [4.78, 5) is 21.3. The predicted octanol–water partition coefficient (Wildman–Crippen LogP) is 2.39. The van der Waals surface area contributed by atoms with Crippen LogP contribution < -0.4 is 4.90 Å². The van der Waals surface area contributed by atoms with Gasteiger partial charge in [0.25, 0.3) is 0 Å². The maximum absolute atomic E-state index is 10.7. The van der Waals surface area contributed by atoms with Crippen molar-refractivity contribution in [2.75, 3.05) is 19.0 Å². The van der Waals surface area contributed by atoms with Crippen molar-refractivity contribution in [3.05, 3.63) is 29.7 Å². The maximum atomic E-state index is 10.7. The minimum absolute atomic E-state index is 0.571. The van der Waals surface area contributed by atoms with Crippen LogP contribution >= 0.6 is 11.3 Å².